The van der Waals surface area contributed by atoms with Gasteiger partial charge in [-0.25, -0.2) is 0 Å². The molecule has 2 aliphatic heterocycles. The fraction of sp³-hybridized carbons (Fsp3) is 0.909. The van der Waals surface area contributed by atoms with Crippen molar-refractivity contribution in [3.63, 3.8) is 0 Å². The van der Waals surface area contributed by atoms with Crippen LogP contribution in [-0.4, -0.2) is 37.4 Å². The number of esters is 1. The predicted octanol–water partition coefficient (Wildman–Crippen LogP) is 0.562. The van der Waals surface area contributed by atoms with E-state index in [1.54, 1.807) is 0 Å². The van der Waals surface area contributed by atoms with Gasteiger partial charge in [-0.05, 0) is 20.8 Å². The van der Waals surface area contributed by atoms with Crippen molar-refractivity contribution in [2.75, 3.05) is 19.7 Å². The van der Waals surface area contributed by atoms with E-state index in [-0.39, 0.29) is 18.0 Å². The van der Waals surface area contributed by atoms with E-state index in [9.17, 15) is 4.79 Å². The number of hydrogen-bond acceptors (Lipinski definition) is 4. The molecule has 2 heterocycles. The fourth-order valence-electron chi connectivity index (χ4n) is 2.23. The van der Waals surface area contributed by atoms with E-state index >= 15 is 0 Å². The van der Waals surface area contributed by atoms with E-state index in [1.807, 2.05) is 20.8 Å². The minimum absolute atomic E-state index is 0.0794. The maximum Gasteiger partial charge on any atom is 0.312 e. The SMILES string of the molecule is CC(C)(C)OC(=O)[C@@H]1CO[C@@H]2CNC[C@@H]21. The summed E-state index contributed by atoms with van der Waals surface area (Å²) in [5.41, 5.74) is -0.402. The molecule has 0 amide bonds. The molecule has 86 valence electrons. The molecule has 2 aliphatic rings. The zero-order chi connectivity index (χ0) is 11.1. The second-order valence-electron chi connectivity index (χ2n) is 5.33. The van der Waals surface area contributed by atoms with Gasteiger partial charge < -0.3 is 14.8 Å². The predicted molar refractivity (Wildman–Crippen MR) is 55.4 cm³/mol. The van der Waals surface area contributed by atoms with E-state index in [0.29, 0.717) is 12.5 Å². The number of rotatable bonds is 1. The van der Waals surface area contributed by atoms with Gasteiger partial charge in [0.1, 0.15) is 5.60 Å². The Morgan fingerprint density at radius 1 is 1.40 bits per heavy atom. The van der Waals surface area contributed by atoms with Crippen molar-refractivity contribution in [2.24, 2.45) is 11.8 Å². The quantitative estimate of drug-likeness (QED) is 0.647. The molecule has 1 N–H and O–H groups in total. The van der Waals surface area contributed by atoms with E-state index in [4.69, 9.17) is 9.47 Å². The highest BCUT2D eigenvalue weighted by atomic mass is 16.6. The van der Waals surface area contributed by atoms with Crippen LogP contribution in [0.2, 0.25) is 0 Å². The van der Waals surface area contributed by atoms with Crippen LogP contribution in [0, 0.1) is 11.8 Å². The third kappa shape index (κ3) is 2.32. The Hall–Kier alpha value is -0.610. The Labute approximate surface area is 90.3 Å². The van der Waals surface area contributed by atoms with Gasteiger partial charge in [0.25, 0.3) is 0 Å². The van der Waals surface area contributed by atoms with Gasteiger partial charge >= 0.3 is 5.97 Å². The Bertz CT molecular complexity index is 259. The van der Waals surface area contributed by atoms with Crippen molar-refractivity contribution >= 4 is 5.97 Å². The number of hydrogen-bond donors (Lipinski definition) is 1. The Balaban J connectivity index is 1.96. The van der Waals surface area contributed by atoms with Gasteiger partial charge in [0.15, 0.2) is 0 Å². The molecule has 0 aromatic rings. The number of nitrogens with one attached hydrogen (secondary N) is 1. The summed E-state index contributed by atoms with van der Waals surface area (Å²) < 4.78 is 10.9. The van der Waals surface area contributed by atoms with E-state index in [0.717, 1.165) is 13.1 Å². The molecule has 4 heteroatoms. The van der Waals surface area contributed by atoms with Gasteiger partial charge in [-0.2, -0.15) is 0 Å². The smallest absolute Gasteiger partial charge is 0.312 e. The Kier molecular flexibility index (Phi) is 2.73. The van der Waals surface area contributed by atoms with Gasteiger partial charge in [0.05, 0.1) is 18.6 Å². The molecule has 0 saturated carbocycles. The molecule has 0 aliphatic carbocycles. The summed E-state index contributed by atoms with van der Waals surface area (Å²) in [5, 5.41) is 3.24. The summed E-state index contributed by atoms with van der Waals surface area (Å²) in [7, 11) is 0. The molecule has 0 bridgehead atoms. The van der Waals surface area contributed by atoms with Crippen molar-refractivity contribution in [1.82, 2.24) is 5.32 Å². The lowest BCUT2D eigenvalue weighted by Gasteiger charge is -2.23. The van der Waals surface area contributed by atoms with Crippen LogP contribution in [0.25, 0.3) is 0 Å². The van der Waals surface area contributed by atoms with Crippen molar-refractivity contribution in [3.8, 4) is 0 Å². The molecule has 3 atom stereocenters. The molecule has 2 saturated heterocycles. The van der Waals surface area contributed by atoms with Crippen LogP contribution < -0.4 is 5.32 Å². The maximum absolute atomic E-state index is 11.9. The van der Waals surface area contributed by atoms with Gasteiger partial charge in [0.2, 0.25) is 0 Å². The number of fused-ring (bicyclic) bond motifs is 1. The third-order valence-corrected chi connectivity index (χ3v) is 2.92. The van der Waals surface area contributed by atoms with Crippen LogP contribution >= 0.6 is 0 Å². The fourth-order valence-corrected chi connectivity index (χ4v) is 2.23. The highest BCUT2D eigenvalue weighted by Crippen LogP contribution is 2.31. The molecule has 0 spiro atoms. The minimum Gasteiger partial charge on any atom is -0.460 e. The highest BCUT2D eigenvalue weighted by Gasteiger charge is 2.45. The summed E-state index contributed by atoms with van der Waals surface area (Å²) in [6.45, 7) is 7.94. The monoisotopic (exact) mass is 213 g/mol. The van der Waals surface area contributed by atoms with Crippen LogP contribution in [0.3, 0.4) is 0 Å². The largest absolute Gasteiger partial charge is 0.460 e. The zero-order valence-electron chi connectivity index (χ0n) is 9.58. The van der Waals surface area contributed by atoms with Gasteiger partial charge in [-0.3, -0.25) is 4.79 Å². The second kappa shape index (κ2) is 3.76. The number of carbonyl (C=O) groups is 1. The van der Waals surface area contributed by atoms with Crippen molar-refractivity contribution < 1.29 is 14.3 Å². The number of ether oxygens (including phenoxy) is 2. The maximum atomic E-state index is 11.9. The zero-order valence-corrected chi connectivity index (χ0v) is 9.58. The minimum atomic E-state index is -0.402. The molecular weight excluding hydrogens is 194 g/mol. The first kappa shape index (κ1) is 10.9. The lowest BCUT2D eigenvalue weighted by molar-refractivity contribution is -0.161. The molecule has 0 aromatic carbocycles. The van der Waals surface area contributed by atoms with Crippen molar-refractivity contribution in [1.29, 1.82) is 0 Å². The van der Waals surface area contributed by atoms with E-state index in [2.05, 4.69) is 5.32 Å². The first-order valence-electron chi connectivity index (χ1n) is 5.52. The van der Waals surface area contributed by atoms with Gasteiger partial charge in [0, 0.05) is 19.0 Å². The first-order valence-corrected chi connectivity index (χ1v) is 5.52. The van der Waals surface area contributed by atoms with E-state index in [1.165, 1.54) is 0 Å². The average molecular weight is 213 g/mol. The standard InChI is InChI=1S/C11H19NO3/c1-11(2,3)15-10(13)8-6-14-9-5-12-4-7(8)9/h7-9,12H,4-6H2,1-3H3/t7-,8-,9-/m1/s1. The van der Waals surface area contributed by atoms with Crippen LogP contribution in [0.15, 0.2) is 0 Å². The summed E-state index contributed by atoms with van der Waals surface area (Å²) in [5.74, 6) is 0.114. The van der Waals surface area contributed by atoms with Crippen LogP contribution in [0.4, 0.5) is 0 Å². The van der Waals surface area contributed by atoms with Crippen LogP contribution in [0.1, 0.15) is 20.8 Å². The summed E-state index contributed by atoms with van der Waals surface area (Å²) >= 11 is 0. The topological polar surface area (TPSA) is 47.6 Å². The highest BCUT2D eigenvalue weighted by molar-refractivity contribution is 5.74. The summed E-state index contributed by atoms with van der Waals surface area (Å²) in [6.07, 6.45) is 0.211. The molecule has 4 nitrogen and oxygen atoms in total. The Morgan fingerprint density at radius 3 is 2.80 bits per heavy atom. The number of carbonyl (C=O) groups excluding carboxylic acids is 1. The summed E-state index contributed by atoms with van der Waals surface area (Å²) in [6, 6.07) is 0. The van der Waals surface area contributed by atoms with E-state index < -0.39 is 5.60 Å². The lowest BCUT2D eigenvalue weighted by atomic mass is 9.93. The molecule has 15 heavy (non-hydrogen) atoms. The van der Waals surface area contributed by atoms with Crippen molar-refractivity contribution in [2.45, 2.75) is 32.5 Å². The molecule has 2 fully saturated rings. The second-order valence-corrected chi connectivity index (χ2v) is 5.33. The molecule has 0 unspecified atom stereocenters. The normalized spacial score (nSPS) is 35.3. The average Bonchev–Trinajstić information content (AvgIpc) is 2.57. The van der Waals surface area contributed by atoms with Crippen LogP contribution in [0.5, 0.6) is 0 Å². The van der Waals surface area contributed by atoms with Crippen molar-refractivity contribution in [3.05, 3.63) is 0 Å². The molecule has 0 radical (unpaired) electrons. The molecule has 0 aromatic heterocycles. The van der Waals surface area contributed by atoms with Gasteiger partial charge in [-0.15, -0.1) is 0 Å². The lowest BCUT2D eigenvalue weighted by Crippen LogP contribution is -2.33. The third-order valence-electron chi connectivity index (χ3n) is 2.92. The summed E-state index contributed by atoms with van der Waals surface area (Å²) in [4.78, 5) is 11.9. The van der Waals surface area contributed by atoms with Gasteiger partial charge in [-0.1, -0.05) is 0 Å². The van der Waals surface area contributed by atoms with Crippen LogP contribution in [-0.2, 0) is 14.3 Å². The first-order chi connectivity index (χ1) is 6.97. The molecule has 2 rings (SSSR count). The molecular formula is C11H19NO3. The Morgan fingerprint density at radius 2 is 2.13 bits per heavy atom.